The number of benzene rings is 2. The number of hydrogen-bond acceptors (Lipinski definition) is 0. The zero-order valence-corrected chi connectivity index (χ0v) is 13.3. The summed E-state index contributed by atoms with van der Waals surface area (Å²) in [5.74, 6) is 0. The first kappa shape index (κ1) is 15.3. The maximum absolute atomic E-state index is 2.27. The monoisotopic (exact) mass is 276 g/mol. The fourth-order valence-corrected chi connectivity index (χ4v) is 2.47. The molecule has 2 aromatic rings. The van der Waals surface area contributed by atoms with Gasteiger partial charge in [0.15, 0.2) is 0 Å². The maximum Gasteiger partial charge on any atom is -0.0184 e. The Morgan fingerprint density at radius 3 is 1.90 bits per heavy atom. The largest absolute Gasteiger partial charge is 0.0871 e. The summed E-state index contributed by atoms with van der Waals surface area (Å²) in [5.41, 5.74) is 6.52. The summed E-state index contributed by atoms with van der Waals surface area (Å²) >= 11 is 0. The van der Waals surface area contributed by atoms with Crippen molar-refractivity contribution in [1.82, 2.24) is 0 Å². The Morgan fingerprint density at radius 2 is 1.43 bits per heavy atom. The van der Waals surface area contributed by atoms with E-state index in [-0.39, 0.29) is 0 Å². The number of hydrogen-bond donors (Lipinski definition) is 0. The van der Waals surface area contributed by atoms with E-state index in [1.54, 1.807) is 0 Å². The van der Waals surface area contributed by atoms with Crippen LogP contribution in [0.2, 0.25) is 0 Å². The lowest BCUT2D eigenvalue weighted by molar-refractivity contribution is 1.14. The van der Waals surface area contributed by atoms with Gasteiger partial charge in [-0.05, 0) is 47.6 Å². The fraction of sp³-hybridized carbons (Fsp3) is 0.238. The molecule has 0 unspecified atom stereocenters. The van der Waals surface area contributed by atoms with Gasteiger partial charge in [-0.25, -0.2) is 0 Å². The number of aryl methyl sites for hydroxylation is 1. The molecule has 2 rings (SSSR count). The highest BCUT2D eigenvalue weighted by Gasteiger charge is 2.00. The third-order valence-corrected chi connectivity index (χ3v) is 3.68. The Labute approximate surface area is 128 Å². The van der Waals surface area contributed by atoms with Gasteiger partial charge in [-0.1, -0.05) is 80.6 Å². The second-order valence-electron chi connectivity index (χ2n) is 5.20. The molecular weight excluding hydrogens is 252 g/mol. The van der Waals surface area contributed by atoms with Crippen LogP contribution in [-0.2, 0) is 6.42 Å². The van der Waals surface area contributed by atoms with Crippen LogP contribution in [0, 0.1) is 0 Å². The molecule has 0 saturated carbocycles. The first-order valence-electron chi connectivity index (χ1n) is 7.81. The molecule has 0 aromatic heterocycles. The van der Waals surface area contributed by atoms with Gasteiger partial charge in [-0.15, -0.1) is 0 Å². The standard InChI is InChI=1S/C21H24/c1-4-7-18(8-5-2)20-13-15-21(16-14-20)19-11-9-17(6-3)10-12-19/h4,7-16H,5-6H2,1-3H3/b7-4-,18-8+. The van der Waals surface area contributed by atoms with Crippen LogP contribution in [0.15, 0.2) is 66.8 Å². The fourth-order valence-electron chi connectivity index (χ4n) is 2.47. The summed E-state index contributed by atoms with van der Waals surface area (Å²) in [5, 5.41) is 0. The van der Waals surface area contributed by atoms with Crippen LogP contribution in [0.5, 0.6) is 0 Å². The molecular formula is C21H24. The van der Waals surface area contributed by atoms with Gasteiger partial charge in [0.2, 0.25) is 0 Å². The van der Waals surface area contributed by atoms with E-state index in [0.717, 1.165) is 12.8 Å². The van der Waals surface area contributed by atoms with Crippen molar-refractivity contribution in [3.8, 4) is 11.1 Å². The summed E-state index contributed by atoms with van der Waals surface area (Å²) in [4.78, 5) is 0. The van der Waals surface area contributed by atoms with Crippen molar-refractivity contribution in [3.63, 3.8) is 0 Å². The quantitative estimate of drug-likeness (QED) is 0.563. The van der Waals surface area contributed by atoms with Gasteiger partial charge in [0.25, 0.3) is 0 Å². The molecule has 0 saturated heterocycles. The second kappa shape index (κ2) is 7.64. The average molecular weight is 276 g/mol. The molecule has 0 aliphatic carbocycles. The Bertz CT molecular complexity index is 610. The minimum Gasteiger partial charge on any atom is -0.0871 e. The summed E-state index contributed by atoms with van der Waals surface area (Å²) in [6.45, 7) is 6.42. The molecule has 108 valence electrons. The van der Waals surface area contributed by atoms with Crippen LogP contribution in [0.25, 0.3) is 16.7 Å². The van der Waals surface area contributed by atoms with Gasteiger partial charge in [0.1, 0.15) is 0 Å². The molecule has 0 radical (unpaired) electrons. The zero-order chi connectivity index (χ0) is 15.1. The van der Waals surface area contributed by atoms with Gasteiger partial charge >= 0.3 is 0 Å². The van der Waals surface area contributed by atoms with Crippen LogP contribution in [0.4, 0.5) is 0 Å². The normalized spacial score (nSPS) is 12.0. The lowest BCUT2D eigenvalue weighted by atomic mass is 9.98. The summed E-state index contributed by atoms with van der Waals surface area (Å²) in [6.07, 6.45) is 8.69. The number of rotatable bonds is 5. The van der Waals surface area contributed by atoms with E-state index in [0.29, 0.717) is 0 Å². The van der Waals surface area contributed by atoms with Gasteiger partial charge < -0.3 is 0 Å². The average Bonchev–Trinajstić information content (AvgIpc) is 2.55. The van der Waals surface area contributed by atoms with Gasteiger partial charge in [0.05, 0.1) is 0 Å². The molecule has 21 heavy (non-hydrogen) atoms. The van der Waals surface area contributed by atoms with E-state index in [1.165, 1.54) is 27.8 Å². The third-order valence-electron chi connectivity index (χ3n) is 3.68. The maximum atomic E-state index is 2.27. The summed E-state index contributed by atoms with van der Waals surface area (Å²) in [6, 6.07) is 17.7. The van der Waals surface area contributed by atoms with Gasteiger partial charge in [-0.3, -0.25) is 0 Å². The molecule has 0 fully saturated rings. The number of allylic oxidation sites excluding steroid dienone is 4. The van der Waals surface area contributed by atoms with Crippen molar-refractivity contribution >= 4 is 5.57 Å². The highest BCUT2D eigenvalue weighted by atomic mass is 14.1. The highest BCUT2D eigenvalue weighted by Crippen LogP contribution is 2.24. The topological polar surface area (TPSA) is 0 Å². The Balaban J connectivity index is 2.27. The summed E-state index contributed by atoms with van der Waals surface area (Å²) in [7, 11) is 0. The summed E-state index contributed by atoms with van der Waals surface area (Å²) < 4.78 is 0. The molecule has 0 bridgehead atoms. The van der Waals surface area contributed by atoms with E-state index < -0.39 is 0 Å². The zero-order valence-electron chi connectivity index (χ0n) is 13.3. The molecule has 0 aliphatic rings. The molecule has 0 heterocycles. The van der Waals surface area contributed by atoms with Gasteiger partial charge in [0, 0.05) is 0 Å². The first-order valence-corrected chi connectivity index (χ1v) is 7.81. The predicted molar refractivity (Wildman–Crippen MR) is 94.3 cm³/mol. The van der Waals surface area contributed by atoms with Crippen molar-refractivity contribution in [2.24, 2.45) is 0 Å². The minimum absolute atomic E-state index is 1.06. The third kappa shape index (κ3) is 3.95. The van der Waals surface area contributed by atoms with E-state index in [1.807, 2.05) is 0 Å². The van der Waals surface area contributed by atoms with Gasteiger partial charge in [-0.2, -0.15) is 0 Å². The molecule has 0 heteroatoms. The predicted octanol–water partition coefficient (Wildman–Crippen LogP) is 6.29. The molecule has 0 atom stereocenters. The van der Waals surface area contributed by atoms with Crippen molar-refractivity contribution in [2.45, 2.75) is 33.6 Å². The molecule has 0 spiro atoms. The molecule has 2 aromatic carbocycles. The highest BCUT2D eigenvalue weighted by molar-refractivity contribution is 5.76. The van der Waals surface area contributed by atoms with Crippen molar-refractivity contribution in [1.29, 1.82) is 0 Å². The van der Waals surface area contributed by atoms with Crippen LogP contribution < -0.4 is 0 Å². The minimum atomic E-state index is 1.06. The van der Waals surface area contributed by atoms with E-state index in [2.05, 4.69) is 87.5 Å². The Morgan fingerprint density at radius 1 is 0.857 bits per heavy atom. The molecule has 0 amide bonds. The Kier molecular flexibility index (Phi) is 5.57. The van der Waals surface area contributed by atoms with Crippen LogP contribution in [0.1, 0.15) is 38.3 Å². The lowest BCUT2D eigenvalue weighted by Gasteiger charge is -2.07. The molecule has 0 N–H and O–H groups in total. The van der Waals surface area contributed by atoms with E-state index in [9.17, 15) is 0 Å². The Hall–Kier alpha value is -2.08. The first-order chi connectivity index (χ1) is 10.3. The van der Waals surface area contributed by atoms with Crippen LogP contribution >= 0.6 is 0 Å². The van der Waals surface area contributed by atoms with E-state index in [4.69, 9.17) is 0 Å². The van der Waals surface area contributed by atoms with Crippen molar-refractivity contribution in [3.05, 3.63) is 77.9 Å². The van der Waals surface area contributed by atoms with Crippen LogP contribution in [-0.4, -0.2) is 0 Å². The smallest absolute Gasteiger partial charge is 0.0184 e. The van der Waals surface area contributed by atoms with Crippen molar-refractivity contribution < 1.29 is 0 Å². The van der Waals surface area contributed by atoms with E-state index >= 15 is 0 Å². The molecule has 0 nitrogen and oxygen atoms in total. The second-order valence-corrected chi connectivity index (χ2v) is 5.20. The van der Waals surface area contributed by atoms with Crippen LogP contribution in [0.3, 0.4) is 0 Å². The van der Waals surface area contributed by atoms with Crippen molar-refractivity contribution in [2.75, 3.05) is 0 Å². The SMILES string of the molecule is C/C=C\C(=C/CC)c1ccc(-c2ccc(CC)cc2)cc1. The lowest BCUT2D eigenvalue weighted by Crippen LogP contribution is -1.84. The molecule has 0 aliphatic heterocycles.